The summed E-state index contributed by atoms with van der Waals surface area (Å²) in [7, 11) is 0. The van der Waals surface area contributed by atoms with Crippen molar-refractivity contribution in [2.24, 2.45) is 5.92 Å². The average molecular weight is 425 g/mol. The highest BCUT2D eigenvalue weighted by Gasteiger charge is 2.28. The molecule has 0 bridgehead atoms. The topological polar surface area (TPSA) is 70.4 Å². The quantitative estimate of drug-likeness (QED) is 0.607. The van der Waals surface area contributed by atoms with Crippen molar-refractivity contribution >= 4 is 29.4 Å². The average Bonchev–Trinajstić information content (AvgIpc) is 3.44. The van der Waals surface area contributed by atoms with Gasteiger partial charge in [-0.1, -0.05) is 30.1 Å². The molecule has 0 radical (unpaired) electrons. The minimum absolute atomic E-state index is 0.0643. The SMILES string of the molecule is CCOC(=O)Oc1c(C)nn(CC2CC2)c(=O)c1-c1c(Cl)cc(Cl)cc1CC. The molecule has 0 saturated heterocycles. The van der Waals surface area contributed by atoms with Gasteiger partial charge in [0.1, 0.15) is 5.69 Å². The van der Waals surface area contributed by atoms with Gasteiger partial charge in [0.15, 0.2) is 5.75 Å². The minimum Gasteiger partial charge on any atom is -0.434 e. The molecule has 1 aliphatic carbocycles. The standard InChI is InChI=1S/C20H22Cl2N2O4/c1-4-13-8-14(21)9-15(22)16(13)17-18(28-20(26)27-5-2)11(3)23-24(19(17)25)10-12-6-7-12/h8-9,12H,4-7,10H2,1-3H3. The summed E-state index contributed by atoms with van der Waals surface area (Å²) in [5.41, 5.74) is 1.56. The van der Waals surface area contributed by atoms with Crippen molar-refractivity contribution in [3.05, 3.63) is 43.8 Å². The molecule has 0 N–H and O–H groups in total. The summed E-state index contributed by atoms with van der Waals surface area (Å²) >= 11 is 12.6. The Morgan fingerprint density at radius 1 is 1.25 bits per heavy atom. The van der Waals surface area contributed by atoms with E-state index in [1.165, 1.54) is 4.68 Å². The third-order valence-electron chi connectivity index (χ3n) is 4.62. The number of carbonyl (C=O) groups is 1. The largest absolute Gasteiger partial charge is 0.513 e. The molecule has 3 rings (SSSR count). The molecule has 6 nitrogen and oxygen atoms in total. The van der Waals surface area contributed by atoms with Gasteiger partial charge in [-0.2, -0.15) is 5.10 Å². The van der Waals surface area contributed by atoms with Crippen molar-refractivity contribution in [3.63, 3.8) is 0 Å². The number of halogens is 2. The first-order chi connectivity index (χ1) is 13.3. The Morgan fingerprint density at radius 2 is 1.96 bits per heavy atom. The third-order valence-corrected chi connectivity index (χ3v) is 5.13. The minimum atomic E-state index is -0.892. The molecule has 1 aliphatic rings. The number of ether oxygens (including phenoxy) is 2. The van der Waals surface area contributed by atoms with Gasteiger partial charge in [0.05, 0.1) is 17.2 Å². The lowest BCUT2D eigenvalue weighted by Gasteiger charge is -2.18. The van der Waals surface area contributed by atoms with Crippen LogP contribution in [-0.2, 0) is 17.7 Å². The van der Waals surface area contributed by atoms with Crippen molar-refractivity contribution in [3.8, 4) is 16.9 Å². The van der Waals surface area contributed by atoms with Crippen LogP contribution in [0, 0.1) is 12.8 Å². The Morgan fingerprint density at radius 3 is 2.57 bits per heavy atom. The van der Waals surface area contributed by atoms with Crippen LogP contribution in [0.2, 0.25) is 10.0 Å². The fourth-order valence-electron chi connectivity index (χ4n) is 3.11. The first-order valence-corrected chi connectivity index (χ1v) is 10.1. The van der Waals surface area contributed by atoms with Crippen LogP contribution in [0.15, 0.2) is 16.9 Å². The van der Waals surface area contributed by atoms with Crippen LogP contribution >= 0.6 is 23.2 Å². The summed E-state index contributed by atoms with van der Waals surface area (Å²) < 4.78 is 11.7. The highest BCUT2D eigenvalue weighted by atomic mass is 35.5. The van der Waals surface area contributed by atoms with Gasteiger partial charge in [-0.05, 0) is 56.7 Å². The summed E-state index contributed by atoms with van der Waals surface area (Å²) in [5.74, 6) is 0.509. The fourth-order valence-corrected chi connectivity index (χ4v) is 3.74. The van der Waals surface area contributed by atoms with Crippen molar-refractivity contribution in [1.29, 1.82) is 0 Å². The fraction of sp³-hybridized carbons (Fsp3) is 0.450. The van der Waals surface area contributed by atoms with E-state index in [-0.39, 0.29) is 23.5 Å². The molecule has 1 aromatic carbocycles. The number of hydrogen-bond donors (Lipinski definition) is 0. The maximum absolute atomic E-state index is 13.3. The number of rotatable bonds is 6. The molecule has 1 fully saturated rings. The Kier molecular flexibility index (Phi) is 6.30. The van der Waals surface area contributed by atoms with Crippen molar-refractivity contribution in [2.45, 2.75) is 46.6 Å². The van der Waals surface area contributed by atoms with E-state index in [4.69, 9.17) is 32.7 Å². The molecule has 150 valence electrons. The zero-order chi connectivity index (χ0) is 20.4. The Hall–Kier alpha value is -2.05. The molecule has 1 aromatic heterocycles. The highest BCUT2D eigenvalue weighted by molar-refractivity contribution is 6.36. The zero-order valence-corrected chi connectivity index (χ0v) is 17.6. The lowest BCUT2D eigenvalue weighted by atomic mass is 9.98. The lowest BCUT2D eigenvalue weighted by molar-refractivity contribution is 0.104. The van der Waals surface area contributed by atoms with E-state index in [0.717, 1.165) is 18.4 Å². The monoisotopic (exact) mass is 424 g/mol. The van der Waals surface area contributed by atoms with E-state index in [1.807, 2.05) is 6.92 Å². The van der Waals surface area contributed by atoms with E-state index in [1.54, 1.807) is 26.0 Å². The van der Waals surface area contributed by atoms with E-state index >= 15 is 0 Å². The number of carbonyl (C=O) groups excluding carboxylic acids is 1. The Bertz CT molecular complexity index is 968. The van der Waals surface area contributed by atoms with E-state index in [0.29, 0.717) is 40.2 Å². The summed E-state index contributed by atoms with van der Waals surface area (Å²) in [6.45, 7) is 5.98. The number of aryl methyl sites for hydroxylation is 2. The molecule has 0 spiro atoms. The Balaban J connectivity index is 2.25. The molecule has 8 heteroatoms. The number of benzene rings is 1. The molecule has 1 saturated carbocycles. The molecule has 0 aliphatic heterocycles. The van der Waals surface area contributed by atoms with Gasteiger partial charge < -0.3 is 9.47 Å². The van der Waals surface area contributed by atoms with Crippen LogP contribution in [-0.4, -0.2) is 22.5 Å². The van der Waals surface area contributed by atoms with Crippen molar-refractivity contribution in [1.82, 2.24) is 9.78 Å². The highest BCUT2D eigenvalue weighted by Crippen LogP contribution is 2.39. The van der Waals surface area contributed by atoms with Crippen LogP contribution in [0.1, 0.15) is 37.9 Å². The molecule has 0 amide bonds. The molecule has 2 aromatic rings. The molecular weight excluding hydrogens is 403 g/mol. The van der Waals surface area contributed by atoms with Crippen LogP contribution < -0.4 is 10.3 Å². The van der Waals surface area contributed by atoms with Crippen LogP contribution in [0.4, 0.5) is 4.79 Å². The van der Waals surface area contributed by atoms with E-state index in [2.05, 4.69) is 5.10 Å². The van der Waals surface area contributed by atoms with Gasteiger partial charge in [-0.15, -0.1) is 0 Å². The van der Waals surface area contributed by atoms with E-state index < -0.39 is 6.16 Å². The first kappa shape index (κ1) is 20.7. The van der Waals surface area contributed by atoms with Gasteiger partial charge in [-0.3, -0.25) is 4.79 Å². The smallest absolute Gasteiger partial charge is 0.434 e. The van der Waals surface area contributed by atoms with Gasteiger partial charge in [0.2, 0.25) is 0 Å². The summed E-state index contributed by atoms with van der Waals surface area (Å²) in [4.78, 5) is 25.3. The van der Waals surface area contributed by atoms with Crippen molar-refractivity contribution < 1.29 is 14.3 Å². The summed E-state index contributed by atoms with van der Waals surface area (Å²) in [5, 5.41) is 5.15. The second-order valence-electron chi connectivity index (χ2n) is 6.78. The predicted molar refractivity (Wildman–Crippen MR) is 108 cm³/mol. The van der Waals surface area contributed by atoms with Gasteiger partial charge in [-0.25, -0.2) is 9.48 Å². The van der Waals surface area contributed by atoms with Gasteiger partial charge in [0, 0.05) is 17.1 Å². The second-order valence-corrected chi connectivity index (χ2v) is 7.62. The van der Waals surface area contributed by atoms with Gasteiger partial charge in [0.25, 0.3) is 5.56 Å². The lowest BCUT2D eigenvalue weighted by Crippen LogP contribution is -2.28. The molecule has 0 unspecified atom stereocenters. The predicted octanol–water partition coefficient (Wildman–Crippen LogP) is 5.03. The molecule has 28 heavy (non-hydrogen) atoms. The number of nitrogens with zero attached hydrogens (tertiary/aromatic N) is 2. The normalized spacial score (nSPS) is 13.5. The van der Waals surface area contributed by atoms with Gasteiger partial charge >= 0.3 is 6.16 Å². The third kappa shape index (κ3) is 4.33. The van der Waals surface area contributed by atoms with E-state index in [9.17, 15) is 9.59 Å². The maximum Gasteiger partial charge on any atom is 0.513 e. The second kappa shape index (κ2) is 8.53. The summed E-state index contributed by atoms with van der Waals surface area (Å²) in [6.07, 6.45) is 1.85. The molecule has 0 atom stereocenters. The first-order valence-electron chi connectivity index (χ1n) is 9.30. The number of aromatic nitrogens is 2. The zero-order valence-electron chi connectivity index (χ0n) is 16.1. The van der Waals surface area contributed by atoms with Crippen LogP contribution in [0.25, 0.3) is 11.1 Å². The van der Waals surface area contributed by atoms with Crippen LogP contribution in [0.3, 0.4) is 0 Å². The van der Waals surface area contributed by atoms with Crippen molar-refractivity contribution in [2.75, 3.05) is 6.61 Å². The molecule has 1 heterocycles. The molecular formula is C20H22Cl2N2O4. The Labute approximate surface area is 173 Å². The maximum atomic E-state index is 13.3. The number of hydrogen-bond acceptors (Lipinski definition) is 5. The summed E-state index contributed by atoms with van der Waals surface area (Å²) in [6, 6.07) is 3.34. The van der Waals surface area contributed by atoms with Crippen LogP contribution in [0.5, 0.6) is 5.75 Å².